The highest BCUT2D eigenvalue weighted by Crippen LogP contribution is 2.21. The van der Waals surface area contributed by atoms with Gasteiger partial charge in [0.25, 0.3) is 0 Å². The van der Waals surface area contributed by atoms with Crippen LogP contribution in [0.15, 0.2) is 18.2 Å². The van der Waals surface area contributed by atoms with Gasteiger partial charge >= 0.3 is 0 Å². The maximum absolute atomic E-state index is 13.3. The summed E-state index contributed by atoms with van der Waals surface area (Å²) in [7, 11) is 0. The van der Waals surface area contributed by atoms with E-state index in [1.807, 2.05) is 0 Å². The number of benzene rings is 1. The molecule has 86 valence electrons. The Balaban J connectivity index is 2.12. The Bertz CT molecular complexity index is 424. The molecule has 5 heteroatoms. The van der Waals surface area contributed by atoms with Crippen LogP contribution in [0, 0.1) is 11.6 Å². The molecule has 0 spiro atoms. The number of likely N-dealkylation sites (tertiary alicyclic amines) is 1. The lowest BCUT2D eigenvalue weighted by Crippen LogP contribution is -2.27. The van der Waals surface area contributed by atoms with E-state index in [0.29, 0.717) is 12.1 Å². The molecule has 0 radical (unpaired) electrons. The van der Waals surface area contributed by atoms with Crippen molar-refractivity contribution in [3.05, 3.63) is 35.4 Å². The number of nitrogens with zero attached hydrogens (tertiary/aromatic N) is 1. The lowest BCUT2D eigenvalue weighted by atomic mass is 10.2. The van der Waals surface area contributed by atoms with E-state index in [1.165, 1.54) is 12.1 Å². The third-order valence-corrected chi connectivity index (χ3v) is 3.46. The molecule has 0 aliphatic carbocycles. The van der Waals surface area contributed by atoms with Crippen molar-refractivity contribution in [3.8, 4) is 0 Å². The molecule has 0 saturated carbocycles. The van der Waals surface area contributed by atoms with Crippen molar-refractivity contribution < 1.29 is 13.6 Å². The standard InChI is InChI=1S/C11H10BrF2NO/c12-9-3-4-15(11(9)16)6-7-1-2-8(13)5-10(7)14/h1-2,5,9H,3-4,6H2. The summed E-state index contributed by atoms with van der Waals surface area (Å²) in [6.45, 7) is 0.804. The van der Waals surface area contributed by atoms with Crippen LogP contribution in [0.5, 0.6) is 0 Å². The Morgan fingerprint density at radius 1 is 1.44 bits per heavy atom. The van der Waals surface area contributed by atoms with Crippen molar-refractivity contribution in [2.75, 3.05) is 6.54 Å². The van der Waals surface area contributed by atoms with Gasteiger partial charge in [0.15, 0.2) is 0 Å². The van der Waals surface area contributed by atoms with E-state index >= 15 is 0 Å². The average Bonchev–Trinajstić information content (AvgIpc) is 2.54. The number of halogens is 3. The Kier molecular flexibility index (Phi) is 3.23. The van der Waals surface area contributed by atoms with Gasteiger partial charge in [-0.15, -0.1) is 0 Å². The van der Waals surface area contributed by atoms with Gasteiger partial charge in [-0.25, -0.2) is 8.78 Å². The molecule has 1 aliphatic rings. The monoisotopic (exact) mass is 289 g/mol. The topological polar surface area (TPSA) is 20.3 Å². The molecule has 1 aliphatic heterocycles. The third kappa shape index (κ3) is 2.24. The SMILES string of the molecule is O=C1C(Br)CCN1Cc1ccc(F)cc1F. The van der Waals surface area contributed by atoms with Crippen molar-refractivity contribution in [1.29, 1.82) is 0 Å². The van der Waals surface area contributed by atoms with E-state index in [0.717, 1.165) is 12.5 Å². The lowest BCUT2D eigenvalue weighted by molar-refractivity contribution is -0.127. The van der Waals surface area contributed by atoms with E-state index in [-0.39, 0.29) is 17.3 Å². The van der Waals surface area contributed by atoms with Crippen LogP contribution in [0.4, 0.5) is 8.78 Å². The highest BCUT2D eigenvalue weighted by atomic mass is 79.9. The highest BCUT2D eigenvalue weighted by molar-refractivity contribution is 9.10. The van der Waals surface area contributed by atoms with Gasteiger partial charge in [-0.1, -0.05) is 22.0 Å². The molecule has 2 nitrogen and oxygen atoms in total. The minimum atomic E-state index is -0.606. The molecule has 1 unspecified atom stereocenters. The third-order valence-electron chi connectivity index (χ3n) is 2.61. The summed E-state index contributed by atoms with van der Waals surface area (Å²) < 4.78 is 26.0. The van der Waals surface area contributed by atoms with Crippen molar-refractivity contribution in [3.63, 3.8) is 0 Å². The van der Waals surface area contributed by atoms with Gasteiger partial charge in [-0.3, -0.25) is 4.79 Å². The minimum absolute atomic E-state index is 0.0382. The number of hydrogen-bond donors (Lipinski definition) is 0. The van der Waals surface area contributed by atoms with Crippen LogP contribution in [0.2, 0.25) is 0 Å². The van der Waals surface area contributed by atoms with Crippen LogP contribution in [-0.2, 0) is 11.3 Å². The summed E-state index contributed by atoms with van der Waals surface area (Å²) in [4.78, 5) is 13.0. The fourth-order valence-electron chi connectivity index (χ4n) is 1.71. The Hall–Kier alpha value is -0.970. The lowest BCUT2D eigenvalue weighted by Gasteiger charge is -2.16. The molecule has 1 aromatic rings. The second kappa shape index (κ2) is 4.49. The summed E-state index contributed by atoms with van der Waals surface area (Å²) in [6.07, 6.45) is 0.724. The summed E-state index contributed by atoms with van der Waals surface area (Å²) in [5, 5.41) is 0. The van der Waals surface area contributed by atoms with Gasteiger partial charge in [-0.2, -0.15) is 0 Å². The minimum Gasteiger partial charge on any atom is -0.337 e. The molecule has 0 aromatic heterocycles. The van der Waals surface area contributed by atoms with E-state index < -0.39 is 11.6 Å². The van der Waals surface area contributed by atoms with Gasteiger partial charge in [0.1, 0.15) is 11.6 Å². The first-order valence-corrected chi connectivity index (χ1v) is 5.86. The number of amides is 1. The predicted molar refractivity (Wildman–Crippen MR) is 59.1 cm³/mol. The molecule has 1 aromatic carbocycles. The summed E-state index contributed by atoms with van der Waals surface area (Å²) in [5.41, 5.74) is 0.344. The molecular formula is C11H10BrF2NO. The van der Waals surface area contributed by atoms with Crippen molar-refractivity contribution in [1.82, 2.24) is 4.90 Å². The first kappa shape index (κ1) is 11.5. The van der Waals surface area contributed by atoms with Crippen LogP contribution in [0.3, 0.4) is 0 Å². The van der Waals surface area contributed by atoms with Crippen LogP contribution >= 0.6 is 15.9 Å². The Morgan fingerprint density at radius 3 is 2.75 bits per heavy atom. The molecule has 1 heterocycles. The molecule has 1 saturated heterocycles. The van der Waals surface area contributed by atoms with Crippen LogP contribution < -0.4 is 0 Å². The second-order valence-electron chi connectivity index (χ2n) is 3.75. The zero-order valence-electron chi connectivity index (χ0n) is 8.42. The molecular weight excluding hydrogens is 280 g/mol. The van der Waals surface area contributed by atoms with Crippen LogP contribution in [0.25, 0.3) is 0 Å². The fraction of sp³-hybridized carbons (Fsp3) is 0.364. The van der Waals surface area contributed by atoms with Crippen LogP contribution in [-0.4, -0.2) is 22.2 Å². The van der Waals surface area contributed by atoms with Gasteiger partial charge in [0.05, 0.1) is 4.83 Å². The molecule has 2 rings (SSSR count). The van der Waals surface area contributed by atoms with Crippen LogP contribution in [0.1, 0.15) is 12.0 Å². The predicted octanol–water partition coefficient (Wildman–Crippen LogP) is 2.46. The first-order chi connectivity index (χ1) is 7.58. The number of rotatable bonds is 2. The fourth-order valence-corrected chi connectivity index (χ4v) is 2.21. The zero-order valence-corrected chi connectivity index (χ0v) is 10.0. The number of hydrogen-bond acceptors (Lipinski definition) is 1. The van der Waals surface area contributed by atoms with E-state index in [9.17, 15) is 13.6 Å². The van der Waals surface area contributed by atoms with Gasteiger partial charge in [-0.05, 0) is 12.5 Å². The van der Waals surface area contributed by atoms with Crippen molar-refractivity contribution in [2.45, 2.75) is 17.8 Å². The van der Waals surface area contributed by atoms with Gasteiger partial charge in [0.2, 0.25) is 5.91 Å². The first-order valence-electron chi connectivity index (χ1n) is 4.94. The maximum Gasteiger partial charge on any atom is 0.236 e. The molecule has 1 amide bonds. The molecule has 0 N–H and O–H groups in total. The number of alkyl halides is 1. The van der Waals surface area contributed by atoms with Crippen molar-refractivity contribution >= 4 is 21.8 Å². The largest absolute Gasteiger partial charge is 0.337 e. The molecule has 16 heavy (non-hydrogen) atoms. The average molecular weight is 290 g/mol. The van der Waals surface area contributed by atoms with E-state index in [1.54, 1.807) is 4.90 Å². The Morgan fingerprint density at radius 2 is 2.19 bits per heavy atom. The van der Waals surface area contributed by atoms with Gasteiger partial charge < -0.3 is 4.90 Å². The summed E-state index contributed by atoms with van der Waals surface area (Å²) in [5.74, 6) is -1.25. The van der Waals surface area contributed by atoms with E-state index in [4.69, 9.17) is 0 Å². The summed E-state index contributed by atoms with van der Waals surface area (Å²) in [6, 6.07) is 3.41. The maximum atomic E-state index is 13.3. The second-order valence-corrected chi connectivity index (χ2v) is 4.86. The number of carbonyl (C=O) groups is 1. The van der Waals surface area contributed by atoms with E-state index in [2.05, 4.69) is 15.9 Å². The van der Waals surface area contributed by atoms with Crippen molar-refractivity contribution in [2.24, 2.45) is 0 Å². The Labute approximate surface area is 100 Å². The number of carbonyl (C=O) groups excluding carboxylic acids is 1. The summed E-state index contributed by atoms with van der Waals surface area (Å²) >= 11 is 3.24. The molecule has 0 bridgehead atoms. The normalized spacial score (nSPS) is 20.6. The molecule has 1 atom stereocenters. The quantitative estimate of drug-likeness (QED) is 0.766. The zero-order chi connectivity index (χ0) is 11.7. The molecule has 1 fully saturated rings. The smallest absolute Gasteiger partial charge is 0.236 e. The van der Waals surface area contributed by atoms with Gasteiger partial charge in [0, 0.05) is 24.7 Å². The highest BCUT2D eigenvalue weighted by Gasteiger charge is 2.29.